The average molecular weight is 310 g/mol. The van der Waals surface area contributed by atoms with Crippen LogP contribution in [0.2, 0.25) is 0 Å². The van der Waals surface area contributed by atoms with E-state index in [1.807, 2.05) is 24.3 Å². The van der Waals surface area contributed by atoms with E-state index in [0.717, 1.165) is 11.3 Å². The molecule has 0 saturated carbocycles. The van der Waals surface area contributed by atoms with Gasteiger partial charge < -0.3 is 14.1 Å². The number of carbonyl (C=O) groups excluding carboxylic acids is 1. The van der Waals surface area contributed by atoms with Gasteiger partial charge in [0.15, 0.2) is 0 Å². The largest absolute Gasteiger partial charge is 0.497 e. The number of hydrogen-bond acceptors (Lipinski definition) is 4. The number of nitrogens with zero attached hydrogens (tertiary/aromatic N) is 2. The van der Waals surface area contributed by atoms with E-state index in [9.17, 15) is 4.79 Å². The van der Waals surface area contributed by atoms with Crippen LogP contribution in [0.1, 0.15) is 17.7 Å². The molecule has 0 aliphatic carbocycles. The lowest BCUT2D eigenvalue weighted by atomic mass is 10.2. The van der Waals surface area contributed by atoms with Gasteiger partial charge in [0.05, 0.1) is 32.4 Å². The highest BCUT2D eigenvalue weighted by Crippen LogP contribution is 2.14. The topological polar surface area (TPSA) is 66.5 Å². The zero-order valence-electron chi connectivity index (χ0n) is 12.9. The first-order valence-corrected chi connectivity index (χ1v) is 7.23. The molecule has 0 bridgehead atoms. The lowest BCUT2D eigenvalue weighted by Gasteiger charge is -2.18. The molecule has 0 N–H and O–H groups in total. The molecule has 1 amide bonds. The summed E-state index contributed by atoms with van der Waals surface area (Å²) in [5, 5.41) is 8.75. The fraction of sp³-hybridized carbons (Fsp3) is 0.222. The fourth-order valence-electron chi connectivity index (χ4n) is 2.06. The molecule has 0 aliphatic heterocycles. The van der Waals surface area contributed by atoms with Crippen LogP contribution in [0.25, 0.3) is 6.08 Å². The molecule has 0 spiro atoms. The lowest BCUT2D eigenvalue weighted by Crippen LogP contribution is -2.29. The summed E-state index contributed by atoms with van der Waals surface area (Å²) in [5.74, 6) is 1.25. The van der Waals surface area contributed by atoms with Crippen LogP contribution in [0.15, 0.2) is 53.2 Å². The fourth-order valence-corrected chi connectivity index (χ4v) is 2.06. The average Bonchev–Trinajstić information content (AvgIpc) is 3.09. The van der Waals surface area contributed by atoms with E-state index in [1.54, 1.807) is 36.5 Å². The second-order valence-electron chi connectivity index (χ2n) is 4.86. The highest BCUT2D eigenvalue weighted by Gasteiger charge is 2.12. The molecule has 23 heavy (non-hydrogen) atoms. The van der Waals surface area contributed by atoms with Crippen molar-refractivity contribution in [3.8, 4) is 11.8 Å². The van der Waals surface area contributed by atoms with E-state index in [0.29, 0.717) is 18.8 Å². The zero-order chi connectivity index (χ0) is 16.5. The predicted octanol–water partition coefficient (Wildman–Crippen LogP) is 3.24. The van der Waals surface area contributed by atoms with Crippen molar-refractivity contribution in [2.75, 3.05) is 13.7 Å². The van der Waals surface area contributed by atoms with E-state index < -0.39 is 0 Å². The van der Waals surface area contributed by atoms with Crippen LogP contribution in [0.5, 0.6) is 5.75 Å². The highest BCUT2D eigenvalue weighted by molar-refractivity contribution is 5.91. The molecule has 0 atom stereocenters. The normalized spacial score (nSPS) is 10.4. The number of benzene rings is 1. The van der Waals surface area contributed by atoms with Crippen LogP contribution in [-0.2, 0) is 11.3 Å². The number of nitriles is 1. The molecule has 1 aromatic heterocycles. The maximum absolute atomic E-state index is 12.4. The molecule has 0 saturated heterocycles. The second-order valence-corrected chi connectivity index (χ2v) is 4.86. The second kappa shape index (κ2) is 8.44. The van der Waals surface area contributed by atoms with Gasteiger partial charge in [0.1, 0.15) is 11.5 Å². The first-order valence-electron chi connectivity index (χ1n) is 7.23. The van der Waals surface area contributed by atoms with Crippen LogP contribution >= 0.6 is 0 Å². The van der Waals surface area contributed by atoms with Gasteiger partial charge in [-0.15, -0.1) is 0 Å². The Labute approximate surface area is 135 Å². The van der Waals surface area contributed by atoms with E-state index in [1.165, 1.54) is 6.08 Å². The van der Waals surface area contributed by atoms with Gasteiger partial charge in [0.2, 0.25) is 5.91 Å². The minimum atomic E-state index is -0.167. The van der Waals surface area contributed by atoms with Crippen molar-refractivity contribution in [1.82, 2.24) is 4.90 Å². The molecule has 5 nitrogen and oxygen atoms in total. The Balaban J connectivity index is 2.06. The van der Waals surface area contributed by atoms with E-state index >= 15 is 0 Å². The first-order chi connectivity index (χ1) is 11.2. The Morgan fingerprint density at radius 1 is 1.39 bits per heavy atom. The van der Waals surface area contributed by atoms with Crippen molar-refractivity contribution in [3.05, 3.63) is 60.1 Å². The lowest BCUT2D eigenvalue weighted by molar-refractivity contribution is -0.126. The number of amides is 1. The van der Waals surface area contributed by atoms with Crippen molar-refractivity contribution in [2.45, 2.75) is 13.0 Å². The smallest absolute Gasteiger partial charge is 0.247 e. The number of ether oxygens (including phenoxy) is 1. The van der Waals surface area contributed by atoms with Gasteiger partial charge in [0, 0.05) is 12.6 Å². The van der Waals surface area contributed by atoms with Crippen LogP contribution in [-0.4, -0.2) is 24.5 Å². The maximum atomic E-state index is 12.4. The zero-order valence-corrected chi connectivity index (χ0v) is 12.9. The van der Waals surface area contributed by atoms with E-state index in [2.05, 4.69) is 6.07 Å². The molecule has 0 unspecified atom stereocenters. The summed E-state index contributed by atoms with van der Waals surface area (Å²) in [7, 11) is 1.60. The van der Waals surface area contributed by atoms with E-state index in [4.69, 9.17) is 14.4 Å². The van der Waals surface area contributed by atoms with Crippen LogP contribution in [0, 0.1) is 11.3 Å². The summed E-state index contributed by atoms with van der Waals surface area (Å²) in [5.41, 5.74) is 0.871. The Morgan fingerprint density at radius 2 is 2.26 bits per heavy atom. The van der Waals surface area contributed by atoms with Gasteiger partial charge in [-0.1, -0.05) is 12.1 Å². The number of furan rings is 1. The van der Waals surface area contributed by atoms with Crippen molar-refractivity contribution in [2.24, 2.45) is 0 Å². The number of rotatable bonds is 7. The minimum Gasteiger partial charge on any atom is -0.497 e. The summed E-state index contributed by atoms with van der Waals surface area (Å²) in [4.78, 5) is 13.9. The Bertz CT molecular complexity index is 699. The van der Waals surface area contributed by atoms with Crippen LogP contribution in [0.4, 0.5) is 0 Å². The first kappa shape index (κ1) is 16.4. The molecular formula is C18H18N2O3. The van der Waals surface area contributed by atoms with Gasteiger partial charge in [-0.3, -0.25) is 4.79 Å². The Kier molecular flexibility index (Phi) is 6.01. The molecule has 1 aromatic carbocycles. The molecular weight excluding hydrogens is 292 g/mol. The third-order valence-electron chi connectivity index (χ3n) is 3.24. The van der Waals surface area contributed by atoms with Crippen molar-refractivity contribution in [1.29, 1.82) is 5.26 Å². The molecule has 2 rings (SSSR count). The number of carbonyl (C=O) groups is 1. The quantitative estimate of drug-likeness (QED) is 0.736. The van der Waals surface area contributed by atoms with E-state index in [-0.39, 0.29) is 12.3 Å². The predicted molar refractivity (Wildman–Crippen MR) is 86.4 cm³/mol. The van der Waals surface area contributed by atoms with Crippen molar-refractivity contribution >= 4 is 12.0 Å². The standard InChI is InChI=1S/C18H18N2O3/c1-22-16-6-2-5-15(13-16)8-9-18(21)20(11-4-10-19)14-17-7-3-12-23-17/h2-3,5-9,12-13H,4,11,14H2,1H3/b9-8+. The van der Waals surface area contributed by atoms with Crippen LogP contribution < -0.4 is 4.74 Å². The number of hydrogen-bond donors (Lipinski definition) is 0. The molecule has 0 radical (unpaired) electrons. The van der Waals surface area contributed by atoms with Crippen LogP contribution in [0.3, 0.4) is 0 Å². The Hall–Kier alpha value is -3.00. The summed E-state index contributed by atoms with van der Waals surface area (Å²) < 4.78 is 10.4. The highest BCUT2D eigenvalue weighted by atomic mass is 16.5. The minimum absolute atomic E-state index is 0.167. The Morgan fingerprint density at radius 3 is 2.96 bits per heavy atom. The van der Waals surface area contributed by atoms with Gasteiger partial charge >= 0.3 is 0 Å². The SMILES string of the molecule is COc1cccc(/C=C/C(=O)N(CCC#N)Cc2ccco2)c1. The third kappa shape index (κ3) is 5.04. The van der Waals surface area contributed by atoms with Gasteiger partial charge in [-0.2, -0.15) is 5.26 Å². The summed E-state index contributed by atoms with van der Waals surface area (Å²) in [6.45, 7) is 0.703. The summed E-state index contributed by atoms with van der Waals surface area (Å²) in [6.07, 6.45) is 5.06. The summed E-state index contributed by atoms with van der Waals surface area (Å²) in [6, 6.07) is 13.1. The van der Waals surface area contributed by atoms with Gasteiger partial charge in [0.25, 0.3) is 0 Å². The monoisotopic (exact) mass is 310 g/mol. The molecule has 118 valence electrons. The van der Waals surface area contributed by atoms with Crippen molar-refractivity contribution in [3.63, 3.8) is 0 Å². The number of methoxy groups -OCH3 is 1. The molecule has 2 aromatic rings. The molecule has 0 fully saturated rings. The molecule has 1 heterocycles. The molecule has 0 aliphatic rings. The third-order valence-corrected chi connectivity index (χ3v) is 3.24. The van der Waals surface area contributed by atoms with Gasteiger partial charge in [-0.05, 0) is 35.9 Å². The van der Waals surface area contributed by atoms with Crippen molar-refractivity contribution < 1.29 is 13.9 Å². The van der Waals surface area contributed by atoms with Gasteiger partial charge in [-0.25, -0.2) is 0 Å². The maximum Gasteiger partial charge on any atom is 0.247 e. The molecule has 5 heteroatoms. The summed E-state index contributed by atoms with van der Waals surface area (Å²) >= 11 is 0.